The molecule has 1 aromatic rings. The van der Waals surface area contributed by atoms with Crippen molar-refractivity contribution in [2.45, 2.75) is 17.7 Å². The lowest BCUT2D eigenvalue weighted by atomic mass is 10.3. The van der Waals surface area contributed by atoms with E-state index >= 15 is 0 Å². The van der Waals surface area contributed by atoms with Crippen molar-refractivity contribution in [3.63, 3.8) is 0 Å². The number of amides is 1. The summed E-state index contributed by atoms with van der Waals surface area (Å²) in [6, 6.07) is 4.47. The molecule has 0 aromatic heterocycles. The van der Waals surface area contributed by atoms with Gasteiger partial charge >= 0.3 is 0 Å². The van der Waals surface area contributed by atoms with Gasteiger partial charge in [0.05, 0.1) is 11.6 Å². The van der Waals surface area contributed by atoms with E-state index < -0.39 is 10.0 Å². The van der Waals surface area contributed by atoms with E-state index in [4.69, 9.17) is 11.6 Å². The molecule has 1 aliphatic rings. The summed E-state index contributed by atoms with van der Waals surface area (Å²) in [4.78, 5) is 11.6. The molecule has 1 heterocycles. The summed E-state index contributed by atoms with van der Waals surface area (Å²) in [5.41, 5.74) is 0.414. The minimum absolute atomic E-state index is 0. The van der Waals surface area contributed by atoms with Crippen LogP contribution in [0.3, 0.4) is 0 Å². The Bertz CT molecular complexity index is 631. The third-order valence-electron chi connectivity index (χ3n) is 3.24. The van der Waals surface area contributed by atoms with E-state index in [2.05, 4.69) is 10.6 Å². The second-order valence-electron chi connectivity index (χ2n) is 4.83. The molecule has 2 N–H and O–H groups in total. The monoisotopic (exact) mass is 367 g/mol. The van der Waals surface area contributed by atoms with E-state index in [1.54, 1.807) is 13.1 Å². The van der Waals surface area contributed by atoms with Gasteiger partial charge in [0.2, 0.25) is 15.9 Å². The van der Waals surface area contributed by atoms with Gasteiger partial charge in [-0.25, -0.2) is 8.42 Å². The van der Waals surface area contributed by atoms with E-state index in [1.165, 1.54) is 16.4 Å². The Morgan fingerprint density at radius 3 is 2.55 bits per heavy atom. The Kier molecular flexibility index (Phi) is 7.08. The zero-order valence-electron chi connectivity index (χ0n) is 12.1. The molecule has 0 saturated carbocycles. The summed E-state index contributed by atoms with van der Waals surface area (Å²) in [7, 11) is -1.95. The van der Waals surface area contributed by atoms with E-state index in [9.17, 15) is 13.2 Å². The van der Waals surface area contributed by atoms with Crippen LogP contribution in [0.4, 0.5) is 5.69 Å². The van der Waals surface area contributed by atoms with Gasteiger partial charge < -0.3 is 10.6 Å². The molecule has 0 atom stereocenters. The molecule has 1 aromatic carbocycles. The third-order valence-corrected chi connectivity index (χ3v) is 5.62. The largest absolute Gasteiger partial charge is 0.325 e. The lowest BCUT2D eigenvalue weighted by Gasteiger charge is -2.17. The molecular formula is C13H19Cl2N3O3S. The van der Waals surface area contributed by atoms with Gasteiger partial charge in [0.25, 0.3) is 0 Å². The molecular weight excluding hydrogens is 349 g/mol. The molecule has 0 unspecified atom stereocenters. The van der Waals surface area contributed by atoms with Crippen LogP contribution in [-0.4, -0.2) is 45.3 Å². The second-order valence-corrected chi connectivity index (χ2v) is 7.15. The number of nitrogens with one attached hydrogen (secondary N) is 2. The summed E-state index contributed by atoms with van der Waals surface area (Å²) >= 11 is 6.03. The van der Waals surface area contributed by atoms with E-state index in [0.29, 0.717) is 18.8 Å². The maximum atomic E-state index is 12.5. The Morgan fingerprint density at radius 1 is 1.32 bits per heavy atom. The average molecular weight is 368 g/mol. The highest BCUT2D eigenvalue weighted by Crippen LogP contribution is 2.29. The summed E-state index contributed by atoms with van der Waals surface area (Å²) in [6.45, 7) is 1.17. The maximum Gasteiger partial charge on any atom is 0.244 e. The molecule has 0 aliphatic carbocycles. The first-order chi connectivity index (χ1) is 9.95. The molecule has 1 aliphatic heterocycles. The minimum atomic E-state index is -3.61. The van der Waals surface area contributed by atoms with E-state index in [0.717, 1.165) is 12.8 Å². The Labute approximate surface area is 141 Å². The molecule has 124 valence electrons. The molecule has 9 heteroatoms. The summed E-state index contributed by atoms with van der Waals surface area (Å²) in [5, 5.41) is 5.51. The SMILES string of the molecule is CNCC(=O)Nc1ccc(Cl)c(S(=O)(=O)N2CCCC2)c1.Cl. The molecule has 1 saturated heterocycles. The van der Waals surface area contributed by atoms with Crippen molar-refractivity contribution in [2.24, 2.45) is 0 Å². The number of carbonyl (C=O) groups excluding carboxylic acids is 1. The first-order valence-corrected chi connectivity index (χ1v) is 8.51. The Hall–Kier alpha value is -0.860. The highest BCUT2D eigenvalue weighted by Gasteiger charge is 2.29. The molecule has 0 radical (unpaired) electrons. The van der Waals surface area contributed by atoms with Crippen LogP contribution in [0.15, 0.2) is 23.1 Å². The summed E-state index contributed by atoms with van der Waals surface area (Å²) in [6.07, 6.45) is 1.71. The molecule has 0 bridgehead atoms. The number of sulfonamides is 1. The zero-order valence-corrected chi connectivity index (χ0v) is 14.5. The first-order valence-electron chi connectivity index (χ1n) is 6.69. The number of rotatable bonds is 5. The lowest BCUT2D eigenvalue weighted by molar-refractivity contribution is -0.115. The number of hydrogen-bond donors (Lipinski definition) is 2. The number of nitrogens with zero attached hydrogens (tertiary/aromatic N) is 1. The van der Waals surface area contributed by atoms with Crippen molar-refractivity contribution in [3.05, 3.63) is 23.2 Å². The third kappa shape index (κ3) is 4.33. The second kappa shape index (κ2) is 8.12. The van der Waals surface area contributed by atoms with Crippen LogP contribution in [0.1, 0.15) is 12.8 Å². The van der Waals surface area contributed by atoms with Crippen molar-refractivity contribution < 1.29 is 13.2 Å². The van der Waals surface area contributed by atoms with Gasteiger partial charge in [-0.15, -0.1) is 12.4 Å². The predicted octanol–water partition coefficient (Wildman–Crippen LogP) is 1.70. The van der Waals surface area contributed by atoms with Gasteiger partial charge in [-0.05, 0) is 38.1 Å². The van der Waals surface area contributed by atoms with Gasteiger partial charge in [-0.2, -0.15) is 4.31 Å². The molecule has 6 nitrogen and oxygen atoms in total. The molecule has 2 rings (SSSR count). The zero-order chi connectivity index (χ0) is 15.5. The smallest absolute Gasteiger partial charge is 0.244 e. The number of carbonyl (C=O) groups is 1. The average Bonchev–Trinajstić information content (AvgIpc) is 2.96. The molecule has 0 spiro atoms. The predicted molar refractivity (Wildman–Crippen MR) is 89.2 cm³/mol. The van der Waals surface area contributed by atoms with Gasteiger partial charge in [-0.3, -0.25) is 4.79 Å². The number of likely N-dealkylation sites (N-methyl/N-ethyl adjacent to an activating group) is 1. The van der Waals surface area contributed by atoms with E-state index in [-0.39, 0.29) is 34.8 Å². The molecule has 1 amide bonds. The minimum Gasteiger partial charge on any atom is -0.325 e. The highest BCUT2D eigenvalue weighted by molar-refractivity contribution is 7.89. The van der Waals surface area contributed by atoms with Crippen molar-refractivity contribution in [3.8, 4) is 0 Å². The standard InChI is InChI=1S/C13H18ClN3O3S.ClH/c1-15-9-13(18)16-10-4-5-11(14)12(8-10)21(19,20)17-6-2-3-7-17;/h4-5,8,15H,2-3,6-7,9H2,1H3,(H,16,18);1H. The Balaban J connectivity index is 0.00000242. The van der Waals surface area contributed by atoms with Crippen LogP contribution in [0.5, 0.6) is 0 Å². The quantitative estimate of drug-likeness (QED) is 0.829. The van der Waals surface area contributed by atoms with E-state index in [1.807, 2.05) is 0 Å². The highest BCUT2D eigenvalue weighted by atomic mass is 35.5. The summed E-state index contributed by atoms with van der Waals surface area (Å²) < 4.78 is 26.5. The van der Waals surface area contributed by atoms with Crippen molar-refractivity contribution in [1.82, 2.24) is 9.62 Å². The normalized spacial score (nSPS) is 15.4. The lowest BCUT2D eigenvalue weighted by Crippen LogP contribution is -2.28. The first kappa shape index (κ1) is 19.2. The van der Waals surface area contributed by atoms with Gasteiger partial charge in [-0.1, -0.05) is 11.6 Å². The van der Waals surface area contributed by atoms with Crippen LogP contribution >= 0.6 is 24.0 Å². The van der Waals surface area contributed by atoms with Crippen molar-refractivity contribution >= 4 is 45.6 Å². The molecule has 1 fully saturated rings. The van der Waals surface area contributed by atoms with Gasteiger partial charge in [0.15, 0.2) is 0 Å². The number of halogens is 2. The fraction of sp³-hybridized carbons (Fsp3) is 0.462. The van der Waals surface area contributed by atoms with Gasteiger partial charge in [0, 0.05) is 18.8 Å². The van der Waals surface area contributed by atoms with Crippen molar-refractivity contribution in [2.75, 3.05) is 32.0 Å². The fourth-order valence-electron chi connectivity index (χ4n) is 2.21. The Morgan fingerprint density at radius 2 is 1.95 bits per heavy atom. The van der Waals surface area contributed by atoms with Gasteiger partial charge in [0.1, 0.15) is 4.90 Å². The van der Waals surface area contributed by atoms with Crippen LogP contribution in [0.25, 0.3) is 0 Å². The summed E-state index contributed by atoms with van der Waals surface area (Å²) in [5.74, 6) is -0.246. The van der Waals surface area contributed by atoms with Crippen LogP contribution in [-0.2, 0) is 14.8 Å². The number of benzene rings is 1. The van der Waals surface area contributed by atoms with Crippen LogP contribution < -0.4 is 10.6 Å². The fourth-order valence-corrected chi connectivity index (χ4v) is 4.23. The van der Waals surface area contributed by atoms with Crippen LogP contribution in [0, 0.1) is 0 Å². The maximum absolute atomic E-state index is 12.5. The van der Waals surface area contributed by atoms with Crippen LogP contribution in [0.2, 0.25) is 5.02 Å². The number of anilines is 1. The number of hydrogen-bond acceptors (Lipinski definition) is 4. The molecule has 22 heavy (non-hydrogen) atoms. The topological polar surface area (TPSA) is 78.5 Å². The van der Waals surface area contributed by atoms with Crippen molar-refractivity contribution in [1.29, 1.82) is 0 Å².